The van der Waals surface area contributed by atoms with E-state index in [1.165, 1.54) is 23.8 Å². The highest BCUT2D eigenvalue weighted by atomic mass is 16.6. The zero-order valence-electron chi connectivity index (χ0n) is 13.3. The number of aryl methyl sites for hydroxylation is 1. The molecule has 0 aliphatic heterocycles. The van der Waals surface area contributed by atoms with Crippen molar-refractivity contribution in [2.24, 2.45) is 0 Å². The summed E-state index contributed by atoms with van der Waals surface area (Å²) in [5.41, 5.74) is 1.49. The van der Waals surface area contributed by atoms with Crippen molar-refractivity contribution in [2.75, 3.05) is 12.0 Å². The number of anilines is 1. The number of carbonyl (C=O) groups excluding carboxylic acids is 1. The van der Waals surface area contributed by atoms with Gasteiger partial charge in [0.25, 0.3) is 5.69 Å². The first kappa shape index (κ1) is 17.3. The second kappa shape index (κ2) is 8.52. The maximum absolute atomic E-state index is 11.8. The molecule has 2 N–H and O–H groups in total. The number of nitrogens with one attached hydrogen (secondary N) is 2. The van der Waals surface area contributed by atoms with Crippen molar-refractivity contribution in [2.45, 2.75) is 19.8 Å². The Hall–Kier alpha value is -3.09. The normalized spacial score (nSPS) is 10.0. The second-order valence-corrected chi connectivity index (χ2v) is 5.12. The first-order chi connectivity index (χ1) is 11.6. The quantitative estimate of drug-likeness (QED) is 0.460. The van der Waals surface area contributed by atoms with Gasteiger partial charge in [0.05, 0.1) is 4.92 Å². The second-order valence-electron chi connectivity index (χ2n) is 5.12. The Balaban J connectivity index is 1.79. The molecule has 0 atom stereocenters. The molecule has 0 radical (unpaired) electrons. The number of rotatable bonds is 7. The van der Waals surface area contributed by atoms with Crippen LogP contribution in [0.4, 0.5) is 16.2 Å². The molecule has 2 rings (SSSR count). The Morgan fingerprint density at radius 3 is 2.62 bits per heavy atom. The summed E-state index contributed by atoms with van der Waals surface area (Å²) in [5, 5.41) is 15.7. The van der Waals surface area contributed by atoms with Gasteiger partial charge in [-0.1, -0.05) is 31.5 Å². The van der Waals surface area contributed by atoms with E-state index >= 15 is 0 Å². The van der Waals surface area contributed by atoms with Gasteiger partial charge in [0.2, 0.25) is 0 Å². The summed E-state index contributed by atoms with van der Waals surface area (Å²) >= 11 is 0. The number of carbonyl (C=O) groups is 1. The van der Waals surface area contributed by atoms with Gasteiger partial charge in [0, 0.05) is 17.8 Å². The van der Waals surface area contributed by atoms with Gasteiger partial charge in [0.15, 0.2) is 6.73 Å². The molecule has 0 aromatic heterocycles. The average Bonchev–Trinajstić information content (AvgIpc) is 2.57. The number of benzene rings is 2. The summed E-state index contributed by atoms with van der Waals surface area (Å²) in [6.45, 7) is 2.11. The Morgan fingerprint density at radius 2 is 1.96 bits per heavy atom. The zero-order valence-corrected chi connectivity index (χ0v) is 13.3. The summed E-state index contributed by atoms with van der Waals surface area (Å²) in [6.07, 6.45) is 2.10. The van der Waals surface area contributed by atoms with Crippen molar-refractivity contribution < 1.29 is 14.5 Å². The van der Waals surface area contributed by atoms with Crippen LogP contribution in [0.2, 0.25) is 0 Å². The topological polar surface area (TPSA) is 93.5 Å². The van der Waals surface area contributed by atoms with Gasteiger partial charge in [-0.25, -0.2) is 4.79 Å². The highest BCUT2D eigenvalue weighted by molar-refractivity contribution is 5.89. The van der Waals surface area contributed by atoms with Crippen LogP contribution >= 0.6 is 0 Å². The van der Waals surface area contributed by atoms with Crippen LogP contribution in [-0.2, 0) is 6.42 Å². The number of ether oxygens (including phenoxy) is 1. The monoisotopic (exact) mass is 329 g/mol. The van der Waals surface area contributed by atoms with Crippen molar-refractivity contribution in [1.82, 2.24) is 5.32 Å². The molecule has 0 spiro atoms. The van der Waals surface area contributed by atoms with Crippen LogP contribution in [-0.4, -0.2) is 17.7 Å². The minimum absolute atomic E-state index is 0.00607. The molecule has 0 bridgehead atoms. The van der Waals surface area contributed by atoms with Gasteiger partial charge >= 0.3 is 6.03 Å². The number of urea groups is 1. The Bertz CT molecular complexity index is 701. The van der Waals surface area contributed by atoms with Crippen molar-refractivity contribution in [1.29, 1.82) is 0 Å². The van der Waals surface area contributed by atoms with E-state index < -0.39 is 11.0 Å². The summed E-state index contributed by atoms with van der Waals surface area (Å²) in [5.74, 6) is 0.658. The fraction of sp³-hybridized carbons (Fsp3) is 0.235. The number of non-ortho nitro benzene ring substituents is 1. The number of nitro benzene ring substituents is 1. The lowest BCUT2D eigenvalue weighted by Gasteiger charge is -2.10. The van der Waals surface area contributed by atoms with Gasteiger partial charge < -0.3 is 15.4 Å². The lowest BCUT2D eigenvalue weighted by molar-refractivity contribution is -0.384. The first-order valence-corrected chi connectivity index (χ1v) is 7.59. The lowest BCUT2D eigenvalue weighted by atomic mass is 10.1. The van der Waals surface area contributed by atoms with E-state index in [1.54, 1.807) is 6.07 Å². The molecule has 0 fully saturated rings. The first-order valence-electron chi connectivity index (χ1n) is 7.59. The minimum atomic E-state index is -0.519. The van der Waals surface area contributed by atoms with Crippen molar-refractivity contribution in [3.05, 3.63) is 64.2 Å². The van der Waals surface area contributed by atoms with Gasteiger partial charge in [-0.3, -0.25) is 10.1 Å². The van der Waals surface area contributed by atoms with E-state index in [2.05, 4.69) is 17.6 Å². The van der Waals surface area contributed by atoms with E-state index in [0.29, 0.717) is 11.4 Å². The third kappa shape index (κ3) is 5.28. The molecule has 2 aromatic carbocycles. The zero-order chi connectivity index (χ0) is 17.4. The standard InChI is InChI=1S/C17H19N3O4/c1-2-4-13-7-9-16(10-8-13)24-12-18-17(21)19-14-5-3-6-15(11-14)20(22)23/h3,5-11H,2,4,12H2,1H3,(H2,18,19,21). The Labute approximate surface area is 139 Å². The van der Waals surface area contributed by atoms with Crippen LogP contribution in [0.5, 0.6) is 5.75 Å². The Morgan fingerprint density at radius 1 is 1.21 bits per heavy atom. The highest BCUT2D eigenvalue weighted by Crippen LogP contribution is 2.17. The lowest BCUT2D eigenvalue weighted by Crippen LogP contribution is -2.32. The van der Waals surface area contributed by atoms with Gasteiger partial charge in [-0.05, 0) is 30.2 Å². The molecule has 2 amide bonds. The molecular formula is C17H19N3O4. The third-order valence-corrected chi connectivity index (χ3v) is 3.25. The average molecular weight is 329 g/mol. The number of nitro groups is 1. The van der Waals surface area contributed by atoms with E-state index in [9.17, 15) is 14.9 Å². The molecule has 24 heavy (non-hydrogen) atoms. The number of amides is 2. The predicted octanol–water partition coefficient (Wildman–Crippen LogP) is 3.71. The maximum Gasteiger partial charge on any atom is 0.321 e. The number of hydrogen-bond donors (Lipinski definition) is 2. The minimum Gasteiger partial charge on any atom is -0.473 e. The van der Waals surface area contributed by atoms with Crippen molar-refractivity contribution in [3.8, 4) is 5.75 Å². The SMILES string of the molecule is CCCc1ccc(OCNC(=O)Nc2cccc([N+](=O)[O-])c2)cc1. The third-order valence-electron chi connectivity index (χ3n) is 3.25. The van der Waals surface area contributed by atoms with Gasteiger partial charge in [0.1, 0.15) is 5.75 Å². The van der Waals surface area contributed by atoms with Crippen LogP contribution in [0.3, 0.4) is 0 Å². The van der Waals surface area contributed by atoms with E-state index in [0.717, 1.165) is 12.8 Å². The van der Waals surface area contributed by atoms with Crippen molar-refractivity contribution >= 4 is 17.4 Å². The summed E-state index contributed by atoms with van der Waals surface area (Å²) in [4.78, 5) is 21.9. The number of hydrogen-bond acceptors (Lipinski definition) is 4. The molecule has 0 saturated heterocycles. The van der Waals surface area contributed by atoms with Crippen LogP contribution in [0, 0.1) is 10.1 Å². The van der Waals surface area contributed by atoms with Gasteiger partial charge in [-0.2, -0.15) is 0 Å². The molecule has 0 saturated carbocycles. The van der Waals surface area contributed by atoms with Gasteiger partial charge in [-0.15, -0.1) is 0 Å². The van der Waals surface area contributed by atoms with Crippen LogP contribution in [0.25, 0.3) is 0 Å². The van der Waals surface area contributed by atoms with Crippen LogP contribution in [0.1, 0.15) is 18.9 Å². The van der Waals surface area contributed by atoms with E-state index in [4.69, 9.17) is 4.74 Å². The summed E-state index contributed by atoms with van der Waals surface area (Å²) in [7, 11) is 0. The largest absolute Gasteiger partial charge is 0.473 e. The molecule has 0 unspecified atom stereocenters. The molecule has 0 aliphatic carbocycles. The number of nitrogens with zero attached hydrogens (tertiary/aromatic N) is 1. The maximum atomic E-state index is 11.8. The molecule has 7 nitrogen and oxygen atoms in total. The Kier molecular flexibility index (Phi) is 6.13. The molecule has 0 aliphatic rings. The molecule has 2 aromatic rings. The molecule has 126 valence electrons. The smallest absolute Gasteiger partial charge is 0.321 e. The van der Waals surface area contributed by atoms with E-state index in [-0.39, 0.29) is 12.4 Å². The predicted molar refractivity (Wildman–Crippen MR) is 91.2 cm³/mol. The van der Waals surface area contributed by atoms with Crippen LogP contribution < -0.4 is 15.4 Å². The fourth-order valence-corrected chi connectivity index (χ4v) is 2.10. The fourth-order valence-electron chi connectivity index (χ4n) is 2.10. The highest BCUT2D eigenvalue weighted by Gasteiger charge is 2.07. The van der Waals surface area contributed by atoms with E-state index in [1.807, 2.05) is 24.3 Å². The molecular weight excluding hydrogens is 310 g/mol. The summed E-state index contributed by atoms with van der Waals surface area (Å²) < 4.78 is 5.43. The summed E-state index contributed by atoms with van der Waals surface area (Å²) in [6, 6.07) is 12.9. The molecule has 0 heterocycles. The van der Waals surface area contributed by atoms with Crippen molar-refractivity contribution in [3.63, 3.8) is 0 Å². The molecule has 7 heteroatoms. The van der Waals surface area contributed by atoms with Crippen LogP contribution in [0.15, 0.2) is 48.5 Å².